The Morgan fingerprint density at radius 2 is 1.92 bits per heavy atom. The van der Waals surface area contributed by atoms with Gasteiger partial charge in [-0.2, -0.15) is 0 Å². The number of hydrogen-bond acceptors (Lipinski definition) is 4. The summed E-state index contributed by atoms with van der Waals surface area (Å²) in [7, 11) is 1.29. The van der Waals surface area contributed by atoms with E-state index in [-0.39, 0.29) is 5.92 Å². The van der Waals surface area contributed by atoms with E-state index in [2.05, 4.69) is 5.43 Å². The lowest BCUT2D eigenvalue weighted by Gasteiger charge is -2.40. The minimum absolute atomic E-state index is 0.175. The molecule has 1 aliphatic heterocycles. The van der Waals surface area contributed by atoms with Gasteiger partial charge in [0.2, 0.25) is 0 Å². The Hall–Kier alpha value is -2.44. The number of hydrazine groups is 1. The molecule has 3 N–H and O–H groups in total. The number of esters is 1. The van der Waals surface area contributed by atoms with Gasteiger partial charge in [-0.05, 0) is 24.1 Å². The number of hydrogen-bond donors (Lipinski definition) is 2. The van der Waals surface area contributed by atoms with Crippen LogP contribution in [0.1, 0.15) is 23.5 Å². The summed E-state index contributed by atoms with van der Waals surface area (Å²) in [5, 5.41) is 2.20. The molecule has 0 aromatic heterocycles. The Labute approximate surface area is 160 Å². The predicted octanol–water partition coefficient (Wildman–Crippen LogP) is 3.46. The molecule has 2 atom stereocenters. The van der Waals surface area contributed by atoms with Crippen molar-refractivity contribution in [2.45, 2.75) is 18.4 Å². The molecule has 0 unspecified atom stereocenters. The highest BCUT2D eigenvalue weighted by molar-refractivity contribution is 6.35. The van der Waals surface area contributed by atoms with Crippen molar-refractivity contribution < 1.29 is 14.3 Å². The quantitative estimate of drug-likeness (QED) is 0.781. The molecule has 136 valence electrons. The van der Waals surface area contributed by atoms with Gasteiger partial charge in [0.15, 0.2) is 0 Å². The normalized spacial score (nSPS) is 18.8. The van der Waals surface area contributed by atoms with Gasteiger partial charge in [-0.15, -0.1) is 0 Å². The van der Waals surface area contributed by atoms with Crippen LogP contribution in [0.15, 0.2) is 42.5 Å². The number of anilines is 1. The number of rotatable bonds is 3. The fourth-order valence-electron chi connectivity index (χ4n) is 3.31. The van der Waals surface area contributed by atoms with Crippen LogP contribution < -0.4 is 16.2 Å². The Morgan fingerprint density at radius 1 is 1.23 bits per heavy atom. The third-order valence-electron chi connectivity index (χ3n) is 4.36. The van der Waals surface area contributed by atoms with E-state index in [0.29, 0.717) is 22.2 Å². The van der Waals surface area contributed by atoms with Crippen LogP contribution in [0.2, 0.25) is 10.0 Å². The Morgan fingerprint density at radius 3 is 2.54 bits per heavy atom. The van der Waals surface area contributed by atoms with Crippen molar-refractivity contribution in [2.24, 2.45) is 5.73 Å². The zero-order valence-corrected chi connectivity index (χ0v) is 15.4. The average Bonchev–Trinajstić information content (AvgIpc) is 2.61. The topological polar surface area (TPSA) is 84.7 Å². The Bertz CT molecular complexity index is 845. The molecule has 1 aliphatic rings. The van der Waals surface area contributed by atoms with E-state index in [1.165, 1.54) is 12.1 Å². The molecule has 2 amide bonds. The molecule has 0 bridgehead atoms. The molecule has 0 radical (unpaired) electrons. The number of carbonyl (C=O) groups excluding carboxylic acids is 2. The Kier molecular flexibility index (Phi) is 5.25. The number of benzene rings is 2. The number of amides is 2. The SMILES string of the molecule is COC(=O)[C@H]1C[C@H](c2ccccc2)c2c(Cl)cc(Cl)cc2N1NC(N)=O. The highest BCUT2D eigenvalue weighted by atomic mass is 35.5. The number of nitrogens with two attached hydrogens (primary N) is 1. The van der Waals surface area contributed by atoms with Gasteiger partial charge in [-0.3, -0.25) is 5.01 Å². The van der Waals surface area contributed by atoms with E-state index < -0.39 is 18.0 Å². The van der Waals surface area contributed by atoms with Crippen molar-refractivity contribution in [3.05, 3.63) is 63.6 Å². The van der Waals surface area contributed by atoms with E-state index in [1.807, 2.05) is 30.3 Å². The van der Waals surface area contributed by atoms with Gasteiger partial charge in [0.25, 0.3) is 0 Å². The lowest BCUT2D eigenvalue weighted by molar-refractivity contribution is -0.142. The average molecular weight is 394 g/mol. The molecule has 3 rings (SSSR count). The van der Waals surface area contributed by atoms with Crippen molar-refractivity contribution in [3.63, 3.8) is 0 Å². The van der Waals surface area contributed by atoms with Crippen LogP contribution in [0.5, 0.6) is 0 Å². The maximum Gasteiger partial charge on any atom is 0.331 e. The predicted molar refractivity (Wildman–Crippen MR) is 100 cm³/mol. The van der Waals surface area contributed by atoms with E-state index >= 15 is 0 Å². The second kappa shape index (κ2) is 7.43. The summed E-state index contributed by atoms with van der Waals surface area (Å²) in [6.45, 7) is 0. The first-order valence-electron chi connectivity index (χ1n) is 7.89. The van der Waals surface area contributed by atoms with Gasteiger partial charge in [0, 0.05) is 21.5 Å². The largest absolute Gasteiger partial charge is 0.467 e. The second-order valence-electron chi connectivity index (χ2n) is 5.90. The van der Waals surface area contributed by atoms with Crippen LogP contribution in [0.25, 0.3) is 0 Å². The molecule has 8 heteroatoms. The van der Waals surface area contributed by atoms with Crippen molar-refractivity contribution in [2.75, 3.05) is 12.1 Å². The highest BCUT2D eigenvalue weighted by Crippen LogP contribution is 2.46. The fourth-order valence-corrected chi connectivity index (χ4v) is 3.93. The summed E-state index contributed by atoms with van der Waals surface area (Å²) >= 11 is 12.7. The molecular weight excluding hydrogens is 377 g/mol. The standard InChI is InChI=1S/C18H17Cl2N3O3/c1-26-17(24)15-9-12(10-5-3-2-4-6-10)16-13(20)7-11(19)8-14(16)23(15)22-18(21)25/h2-8,12,15H,9H2,1H3,(H3,21,22,25)/t12-,15-/m1/s1. The fraction of sp³-hybridized carbons (Fsp3) is 0.222. The number of carbonyl (C=O) groups is 2. The number of primary amides is 1. The maximum absolute atomic E-state index is 12.4. The number of nitrogens with one attached hydrogen (secondary N) is 1. The molecule has 26 heavy (non-hydrogen) atoms. The first-order chi connectivity index (χ1) is 12.4. The van der Waals surface area contributed by atoms with Crippen molar-refractivity contribution in [3.8, 4) is 0 Å². The summed E-state index contributed by atoms with van der Waals surface area (Å²) in [6, 6.07) is 11.4. The first kappa shape index (κ1) is 18.4. The van der Waals surface area contributed by atoms with Crippen molar-refractivity contribution in [1.29, 1.82) is 0 Å². The van der Waals surface area contributed by atoms with E-state index in [9.17, 15) is 9.59 Å². The number of fused-ring (bicyclic) bond motifs is 1. The van der Waals surface area contributed by atoms with Crippen LogP contribution in [0.3, 0.4) is 0 Å². The molecule has 0 fully saturated rings. The van der Waals surface area contributed by atoms with E-state index in [1.54, 1.807) is 12.1 Å². The molecule has 1 heterocycles. The van der Waals surface area contributed by atoms with Crippen LogP contribution in [-0.2, 0) is 9.53 Å². The molecule has 2 aromatic carbocycles. The van der Waals surface area contributed by atoms with Gasteiger partial charge in [-0.1, -0.05) is 53.5 Å². The lowest BCUT2D eigenvalue weighted by Crippen LogP contribution is -2.56. The summed E-state index contributed by atoms with van der Waals surface area (Å²) in [6.07, 6.45) is 0.352. The van der Waals surface area contributed by atoms with Crippen molar-refractivity contribution in [1.82, 2.24) is 5.43 Å². The molecule has 6 nitrogen and oxygen atoms in total. The summed E-state index contributed by atoms with van der Waals surface area (Å²) in [4.78, 5) is 23.9. The van der Waals surface area contributed by atoms with E-state index in [4.69, 9.17) is 33.7 Å². The Balaban J connectivity index is 2.21. The minimum atomic E-state index is -0.806. The van der Waals surface area contributed by atoms with Crippen molar-refractivity contribution >= 4 is 40.9 Å². The third kappa shape index (κ3) is 3.43. The smallest absolute Gasteiger partial charge is 0.331 e. The van der Waals surface area contributed by atoms with Gasteiger partial charge >= 0.3 is 12.0 Å². The number of halogens is 2. The zero-order valence-electron chi connectivity index (χ0n) is 13.9. The zero-order chi connectivity index (χ0) is 18.8. The van der Waals surface area contributed by atoms with Crippen LogP contribution in [-0.4, -0.2) is 25.2 Å². The number of ether oxygens (including phenoxy) is 1. The van der Waals surface area contributed by atoms with Crippen LogP contribution >= 0.6 is 23.2 Å². The molecule has 0 saturated carbocycles. The molecule has 2 aromatic rings. The van der Waals surface area contributed by atoms with Gasteiger partial charge in [0.05, 0.1) is 12.8 Å². The molecule has 0 aliphatic carbocycles. The number of nitrogens with zero attached hydrogens (tertiary/aromatic N) is 1. The monoisotopic (exact) mass is 393 g/mol. The minimum Gasteiger partial charge on any atom is -0.467 e. The third-order valence-corrected chi connectivity index (χ3v) is 4.89. The number of urea groups is 1. The maximum atomic E-state index is 12.4. The van der Waals surface area contributed by atoms with Gasteiger partial charge in [-0.25, -0.2) is 15.0 Å². The van der Waals surface area contributed by atoms with Crippen LogP contribution in [0.4, 0.5) is 10.5 Å². The van der Waals surface area contributed by atoms with Gasteiger partial charge < -0.3 is 10.5 Å². The van der Waals surface area contributed by atoms with E-state index in [0.717, 1.165) is 11.1 Å². The summed E-state index contributed by atoms with van der Waals surface area (Å²) < 4.78 is 4.92. The molecule has 0 spiro atoms. The summed E-state index contributed by atoms with van der Waals surface area (Å²) in [5.41, 5.74) is 10.0. The molecule has 0 saturated heterocycles. The van der Waals surface area contributed by atoms with Crippen LogP contribution in [0, 0.1) is 0 Å². The highest BCUT2D eigenvalue weighted by Gasteiger charge is 2.40. The summed E-state index contributed by atoms with van der Waals surface area (Å²) in [5.74, 6) is -0.674. The second-order valence-corrected chi connectivity index (χ2v) is 6.75. The lowest BCUT2D eigenvalue weighted by atomic mass is 9.81. The number of methoxy groups -OCH3 is 1. The first-order valence-corrected chi connectivity index (χ1v) is 8.65. The van der Waals surface area contributed by atoms with Gasteiger partial charge in [0.1, 0.15) is 6.04 Å². The molecular formula is C18H17Cl2N3O3.